The van der Waals surface area contributed by atoms with Gasteiger partial charge in [0, 0.05) is 31.2 Å². The van der Waals surface area contributed by atoms with Crippen molar-refractivity contribution in [1.29, 1.82) is 0 Å². The van der Waals surface area contributed by atoms with Gasteiger partial charge in [0.05, 0.1) is 25.9 Å². The van der Waals surface area contributed by atoms with Crippen LogP contribution in [0.2, 0.25) is 5.02 Å². The third-order valence-corrected chi connectivity index (χ3v) is 5.54. The molecule has 1 aromatic carbocycles. The Hall–Kier alpha value is -1.83. The van der Waals surface area contributed by atoms with E-state index < -0.39 is 0 Å². The molecule has 0 unspecified atom stereocenters. The Labute approximate surface area is 171 Å². The van der Waals surface area contributed by atoms with E-state index in [2.05, 4.69) is 15.1 Å². The Morgan fingerprint density at radius 1 is 1.00 bits per heavy atom. The van der Waals surface area contributed by atoms with Crippen molar-refractivity contribution >= 4 is 29.1 Å². The van der Waals surface area contributed by atoms with E-state index in [9.17, 15) is 9.59 Å². The van der Waals surface area contributed by atoms with Crippen molar-refractivity contribution in [3.05, 3.63) is 23.2 Å². The first-order valence-electron chi connectivity index (χ1n) is 9.91. The molecule has 1 N–H and O–H groups in total. The zero-order valence-electron chi connectivity index (χ0n) is 16.5. The first-order chi connectivity index (χ1) is 13.5. The number of benzene rings is 1. The Kier molecular flexibility index (Phi) is 7.53. The van der Waals surface area contributed by atoms with Crippen LogP contribution >= 0.6 is 11.6 Å². The number of hydrogen-bond donors (Lipinski definition) is 1. The lowest BCUT2D eigenvalue weighted by Gasteiger charge is -2.23. The average Bonchev–Trinajstić information content (AvgIpc) is 3.12. The van der Waals surface area contributed by atoms with Crippen molar-refractivity contribution in [2.24, 2.45) is 0 Å². The molecule has 2 heterocycles. The number of halogens is 1. The van der Waals surface area contributed by atoms with Gasteiger partial charge in [-0.3, -0.25) is 19.4 Å². The number of amides is 2. The van der Waals surface area contributed by atoms with Crippen LogP contribution in [0.5, 0.6) is 5.75 Å². The highest BCUT2D eigenvalue weighted by Gasteiger charge is 2.23. The molecule has 0 aliphatic carbocycles. The minimum atomic E-state index is -0.0952. The lowest BCUT2D eigenvalue weighted by atomic mass is 10.3. The lowest BCUT2D eigenvalue weighted by molar-refractivity contribution is -0.131. The van der Waals surface area contributed by atoms with E-state index in [0.717, 1.165) is 58.5 Å². The Balaban J connectivity index is 1.47. The molecule has 7 nitrogen and oxygen atoms in total. The van der Waals surface area contributed by atoms with Crippen molar-refractivity contribution in [2.45, 2.75) is 19.3 Å². The Morgan fingerprint density at radius 2 is 1.68 bits per heavy atom. The van der Waals surface area contributed by atoms with Gasteiger partial charge in [-0.2, -0.15) is 0 Å². The quantitative estimate of drug-likeness (QED) is 0.779. The number of likely N-dealkylation sites (tertiary alicyclic amines) is 1. The smallest absolute Gasteiger partial charge is 0.238 e. The number of methoxy groups -OCH3 is 1. The molecular formula is C20H29ClN4O3. The summed E-state index contributed by atoms with van der Waals surface area (Å²) >= 11 is 6.02. The Morgan fingerprint density at radius 3 is 2.36 bits per heavy atom. The minimum absolute atomic E-state index is 0.0952. The summed E-state index contributed by atoms with van der Waals surface area (Å²) in [6.07, 6.45) is 3.18. The van der Waals surface area contributed by atoms with Crippen molar-refractivity contribution in [1.82, 2.24) is 14.7 Å². The number of nitrogens with one attached hydrogen (secondary N) is 1. The summed E-state index contributed by atoms with van der Waals surface area (Å²) < 4.78 is 5.27. The van der Waals surface area contributed by atoms with Gasteiger partial charge >= 0.3 is 0 Å². The normalized spacial score (nSPS) is 18.7. The second-order valence-corrected chi connectivity index (χ2v) is 7.82. The standard InChI is InChI=1S/C20H29ClN4O3/c1-28-18-6-5-16(21)13-17(18)22-19(26)14-23-7-4-8-24(12-11-23)15-20(27)25-9-2-3-10-25/h5-6,13H,2-4,7-12,14-15H2,1H3,(H,22,26). The predicted molar refractivity (Wildman–Crippen MR) is 110 cm³/mol. The van der Waals surface area contributed by atoms with Crippen LogP contribution in [0.15, 0.2) is 18.2 Å². The molecule has 2 saturated heterocycles. The topological polar surface area (TPSA) is 65.1 Å². The third kappa shape index (κ3) is 5.83. The predicted octanol–water partition coefficient (Wildman–Crippen LogP) is 1.92. The number of rotatable bonds is 6. The zero-order valence-corrected chi connectivity index (χ0v) is 17.2. The van der Waals surface area contributed by atoms with E-state index in [-0.39, 0.29) is 11.8 Å². The zero-order chi connectivity index (χ0) is 19.9. The second kappa shape index (κ2) is 10.1. The van der Waals surface area contributed by atoms with Gasteiger partial charge in [-0.25, -0.2) is 0 Å². The van der Waals surface area contributed by atoms with Crippen LogP contribution in [0.1, 0.15) is 19.3 Å². The molecule has 1 aromatic rings. The van der Waals surface area contributed by atoms with E-state index in [0.29, 0.717) is 29.5 Å². The van der Waals surface area contributed by atoms with Crippen LogP contribution in [0.4, 0.5) is 5.69 Å². The number of nitrogens with zero attached hydrogens (tertiary/aromatic N) is 3. The fourth-order valence-electron chi connectivity index (χ4n) is 3.77. The van der Waals surface area contributed by atoms with Crippen molar-refractivity contribution < 1.29 is 14.3 Å². The largest absolute Gasteiger partial charge is 0.495 e. The molecule has 2 aliphatic heterocycles. The van der Waals surface area contributed by atoms with Crippen LogP contribution in [-0.4, -0.2) is 86.0 Å². The van der Waals surface area contributed by atoms with E-state index in [1.54, 1.807) is 25.3 Å². The molecule has 0 atom stereocenters. The van der Waals surface area contributed by atoms with E-state index >= 15 is 0 Å². The highest BCUT2D eigenvalue weighted by molar-refractivity contribution is 6.31. The summed E-state index contributed by atoms with van der Waals surface area (Å²) in [5.41, 5.74) is 0.577. The fraction of sp³-hybridized carbons (Fsp3) is 0.600. The molecule has 0 saturated carbocycles. The number of carbonyl (C=O) groups excluding carboxylic acids is 2. The van der Waals surface area contributed by atoms with Crippen LogP contribution in [0.3, 0.4) is 0 Å². The van der Waals surface area contributed by atoms with Gasteiger partial charge in [0.2, 0.25) is 11.8 Å². The van der Waals surface area contributed by atoms with Gasteiger partial charge in [-0.1, -0.05) is 11.6 Å². The van der Waals surface area contributed by atoms with Gasteiger partial charge < -0.3 is 15.0 Å². The summed E-state index contributed by atoms with van der Waals surface area (Å²) in [7, 11) is 1.56. The van der Waals surface area contributed by atoms with Gasteiger partial charge in [-0.15, -0.1) is 0 Å². The van der Waals surface area contributed by atoms with Crippen LogP contribution < -0.4 is 10.1 Å². The van der Waals surface area contributed by atoms with E-state index in [1.807, 2.05) is 4.90 Å². The number of anilines is 1. The summed E-state index contributed by atoms with van der Waals surface area (Å²) in [5, 5.41) is 3.43. The molecule has 0 radical (unpaired) electrons. The van der Waals surface area contributed by atoms with Gasteiger partial charge in [-0.05, 0) is 50.6 Å². The van der Waals surface area contributed by atoms with Crippen molar-refractivity contribution in [3.8, 4) is 5.75 Å². The average molecular weight is 409 g/mol. The lowest BCUT2D eigenvalue weighted by Crippen LogP contribution is -2.41. The first-order valence-corrected chi connectivity index (χ1v) is 10.3. The van der Waals surface area contributed by atoms with Crippen LogP contribution in [-0.2, 0) is 9.59 Å². The minimum Gasteiger partial charge on any atom is -0.495 e. The molecule has 2 aliphatic rings. The summed E-state index contributed by atoms with van der Waals surface area (Å²) in [5.74, 6) is 0.721. The summed E-state index contributed by atoms with van der Waals surface area (Å²) in [6.45, 7) is 5.89. The summed E-state index contributed by atoms with van der Waals surface area (Å²) in [6, 6.07) is 5.15. The highest BCUT2D eigenvalue weighted by Crippen LogP contribution is 2.27. The summed E-state index contributed by atoms with van der Waals surface area (Å²) in [4.78, 5) is 31.1. The maximum atomic E-state index is 12.5. The number of hydrogen-bond acceptors (Lipinski definition) is 5. The molecule has 3 rings (SSSR count). The monoisotopic (exact) mass is 408 g/mol. The van der Waals surface area contributed by atoms with Crippen molar-refractivity contribution in [3.63, 3.8) is 0 Å². The maximum Gasteiger partial charge on any atom is 0.238 e. The number of carbonyl (C=O) groups is 2. The SMILES string of the molecule is COc1ccc(Cl)cc1NC(=O)CN1CCCN(CC(=O)N2CCCC2)CC1. The molecule has 0 spiro atoms. The van der Waals surface area contributed by atoms with Crippen LogP contribution in [0.25, 0.3) is 0 Å². The van der Waals surface area contributed by atoms with E-state index in [1.165, 1.54) is 0 Å². The molecule has 28 heavy (non-hydrogen) atoms. The number of ether oxygens (including phenoxy) is 1. The molecule has 154 valence electrons. The fourth-order valence-corrected chi connectivity index (χ4v) is 3.94. The maximum absolute atomic E-state index is 12.5. The first kappa shape index (κ1) is 20.9. The molecular weight excluding hydrogens is 380 g/mol. The molecule has 0 bridgehead atoms. The van der Waals surface area contributed by atoms with Crippen molar-refractivity contribution in [2.75, 3.05) is 64.8 Å². The van der Waals surface area contributed by atoms with Gasteiger partial charge in [0.15, 0.2) is 0 Å². The highest BCUT2D eigenvalue weighted by atomic mass is 35.5. The molecule has 2 amide bonds. The van der Waals surface area contributed by atoms with Gasteiger partial charge in [0.25, 0.3) is 0 Å². The molecule has 8 heteroatoms. The van der Waals surface area contributed by atoms with Crippen LogP contribution in [0, 0.1) is 0 Å². The Bertz CT molecular complexity index is 694. The molecule has 0 aromatic heterocycles. The van der Waals surface area contributed by atoms with E-state index in [4.69, 9.17) is 16.3 Å². The second-order valence-electron chi connectivity index (χ2n) is 7.39. The molecule has 2 fully saturated rings. The van der Waals surface area contributed by atoms with Gasteiger partial charge in [0.1, 0.15) is 5.75 Å². The third-order valence-electron chi connectivity index (χ3n) is 5.30.